The molecule has 0 aromatic heterocycles. The molecule has 4 heteroatoms. The minimum absolute atomic E-state index is 0.222. The molecule has 1 aromatic rings. The van der Waals surface area contributed by atoms with Gasteiger partial charge in [-0.2, -0.15) is 0 Å². The van der Waals surface area contributed by atoms with Crippen LogP contribution in [0.3, 0.4) is 0 Å². The molecule has 0 heterocycles. The highest BCUT2D eigenvalue weighted by Crippen LogP contribution is 2.13. The monoisotopic (exact) mass is 227 g/mol. The molecule has 0 saturated carbocycles. The molecule has 2 N–H and O–H groups in total. The van der Waals surface area contributed by atoms with Crippen molar-refractivity contribution in [1.29, 1.82) is 0 Å². The zero-order valence-corrected chi connectivity index (χ0v) is 9.66. The maximum Gasteiger partial charge on any atom is 0.126 e. The lowest BCUT2D eigenvalue weighted by atomic mass is 10.2. The lowest BCUT2D eigenvalue weighted by molar-refractivity contribution is 0.0496. The molecule has 0 aliphatic rings. The molecule has 1 unspecified atom stereocenters. The van der Waals surface area contributed by atoms with Gasteiger partial charge in [0.05, 0.1) is 12.7 Å². The Kier molecular flexibility index (Phi) is 5.22. The van der Waals surface area contributed by atoms with Crippen LogP contribution in [0.2, 0.25) is 0 Å². The molecule has 1 rings (SSSR count). The van der Waals surface area contributed by atoms with Crippen molar-refractivity contribution in [2.75, 3.05) is 25.1 Å². The lowest BCUT2D eigenvalue weighted by Crippen LogP contribution is -2.24. The van der Waals surface area contributed by atoms with Gasteiger partial charge in [-0.25, -0.2) is 4.39 Å². The zero-order chi connectivity index (χ0) is 12.0. The van der Waals surface area contributed by atoms with E-state index >= 15 is 0 Å². The molecule has 0 fully saturated rings. The molecule has 0 spiro atoms. The summed E-state index contributed by atoms with van der Waals surface area (Å²) in [6.45, 7) is 4.88. The standard InChI is InChI=1S/C12H18FNO2/c1-3-16-8-11(15)7-14-10-4-5-12(13)9(2)6-10/h4-6,11,14-15H,3,7-8H2,1-2H3. The molecule has 0 radical (unpaired) electrons. The lowest BCUT2D eigenvalue weighted by Gasteiger charge is -2.13. The number of benzene rings is 1. The van der Waals surface area contributed by atoms with Crippen LogP contribution in [0.4, 0.5) is 10.1 Å². The van der Waals surface area contributed by atoms with E-state index in [1.54, 1.807) is 19.1 Å². The van der Waals surface area contributed by atoms with E-state index in [0.717, 1.165) is 5.69 Å². The molecule has 0 bridgehead atoms. The average Bonchev–Trinajstić information content (AvgIpc) is 2.28. The predicted octanol–water partition coefficient (Wildman–Crippen LogP) is 1.94. The van der Waals surface area contributed by atoms with Crippen molar-refractivity contribution in [2.45, 2.75) is 20.0 Å². The zero-order valence-electron chi connectivity index (χ0n) is 9.66. The number of aliphatic hydroxyl groups is 1. The molecule has 3 nitrogen and oxygen atoms in total. The van der Waals surface area contributed by atoms with Crippen LogP contribution in [0.5, 0.6) is 0 Å². The first-order valence-corrected chi connectivity index (χ1v) is 5.39. The van der Waals surface area contributed by atoms with Crippen molar-refractivity contribution in [3.05, 3.63) is 29.6 Å². The van der Waals surface area contributed by atoms with E-state index in [0.29, 0.717) is 25.3 Å². The Labute approximate surface area is 95.2 Å². The highest BCUT2D eigenvalue weighted by molar-refractivity contribution is 5.45. The van der Waals surface area contributed by atoms with Gasteiger partial charge in [-0.1, -0.05) is 0 Å². The van der Waals surface area contributed by atoms with Gasteiger partial charge in [0.15, 0.2) is 0 Å². The Balaban J connectivity index is 2.39. The fraction of sp³-hybridized carbons (Fsp3) is 0.500. The number of aryl methyl sites for hydroxylation is 1. The summed E-state index contributed by atoms with van der Waals surface area (Å²) in [6, 6.07) is 4.77. The van der Waals surface area contributed by atoms with E-state index in [-0.39, 0.29) is 5.82 Å². The Morgan fingerprint density at radius 1 is 1.50 bits per heavy atom. The Morgan fingerprint density at radius 2 is 2.25 bits per heavy atom. The summed E-state index contributed by atoms with van der Waals surface area (Å²) in [6.07, 6.45) is -0.551. The van der Waals surface area contributed by atoms with E-state index in [9.17, 15) is 9.50 Å². The molecular formula is C12H18FNO2. The summed E-state index contributed by atoms with van der Waals surface area (Å²) < 4.78 is 18.0. The maximum atomic E-state index is 13.0. The normalized spacial score (nSPS) is 12.5. The van der Waals surface area contributed by atoms with Gasteiger partial charge in [0.2, 0.25) is 0 Å². The second-order valence-electron chi connectivity index (χ2n) is 3.66. The number of aliphatic hydroxyl groups excluding tert-OH is 1. The maximum absolute atomic E-state index is 13.0. The molecule has 1 atom stereocenters. The average molecular weight is 227 g/mol. The van der Waals surface area contributed by atoms with Crippen LogP contribution in [0.25, 0.3) is 0 Å². The number of rotatable bonds is 6. The number of nitrogens with one attached hydrogen (secondary N) is 1. The van der Waals surface area contributed by atoms with Gasteiger partial charge in [-0.15, -0.1) is 0 Å². The van der Waals surface area contributed by atoms with Gasteiger partial charge < -0.3 is 15.2 Å². The van der Waals surface area contributed by atoms with Crippen LogP contribution >= 0.6 is 0 Å². The SMILES string of the molecule is CCOCC(O)CNc1ccc(F)c(C)c1. The molecule has 90 valence electrons. The first kappa shape index (κ1) is 12.9. The second kappa shape index (κ2) is 6.45. The number of hydrogen-bond donors (Lipinski definition) is 2. The second-order valence-corrected chi connectivity index (χ2v) is 3.66. The summed E-state index contributed by atoms with van der Waals surface area (Å²) in [4.78, 5) is 0. The van der Waals surface area contributed by atoms with Crippen LogP contribution in [-0.2, 0) is 4.74 Å². The van der Waals surface area contributed by atoms with Crippen molar-refractivity contribution in [2.24, 2.45) is 0 Å². The van der Waals surface area contributed by atoms with Crippen LogP contribution in [0, 0.1) is 12.7 Å². The molecule has 16 heavy (non-hydrogen) atoms. The molecule has 0 amide bonds. The van der Waals surface area contributed by atoms with E-state index in [4.69, 9.17) is 4.74 Å². The smallest absolute Gasteiger partial charge is 0.126 e. The van der Waals surface area contributed by atoms with Gasteiger partial charge in [0, 0.05) is 18.8 Å². The van der Waals surface area contributed by atoms with Crippen LogP contribution in [0.1, 0.15) is 12.5 Å². The van der Waals surface area contributed by atoms with Gasteiger partial charge >= 0.3 is 0 Å². The highest BCUT2D eigenvalue weighted by atomic mass is 19.1. The first-order chi connectivity index (χ1) is 7.63. The summed E-state index contributed by atoms with van der Waals surface area (Å²) >= 11 is 0. The van der Waals surface area contributed by atoms with Crippen molar-refractivity contribution < 1.29 is 14.2 Å². The highest BCUT2D eigenvalue weighted by Gasteiger charge is 2.04. The summed E-state index contributed by atoms with van der Waals surface area (Å²) in [5, 5.41) is 12.5. The third-order valence-electron chi connectivity index (χ3n) is 2.21. The molecule has 1 aromatic carbocycles. The van der Waals surface area contributed by atoms with Crippen molar-refractivity contribution in [1.82, 2.24) is 0 Å². The third-order valence-corrected chi connectivity index (χ3v) is 2.21. The molecule has 0 saturated heterocycles. The molecule has 0 aliphatic carbocycles. The fourth-order valence-corrected chi connectivity index (χ4v) is 1.30. The van der Waals surface area contributed by atoms with Crippen LogP contribution in [0.15, 0.2) is 18.2 Å². The summed E-state index contributed by atoms with van der Waals surface area (Å²) in [7, 11) is 0. The van der Waals surface area contributed by atoms with Crippen molar-refractivity contribution in [3.63, 3.8) is 0 Å². The van der Waals surface area contributed by atoms with E-state index in [2.05, 4.69) is 5.32 Å². The fourth-order valence-electron chi connectivity index (χ4n) is 1.30. The van der Waals surface area contributed by atoms with Crippen molar-refractivity contribution in [3.8, 4) is 0 Å². The predicted molar refractivity (Wildman–Crippen MR) is 62.1 cm³/mol. The Hall–Kier alpha value is -1.13. The topological polar surface area (TPSA) is 41.5 Å². The largest absolute Gasteiger partial charge is 0.389 e. The quantitative estimate of drug-likeness (QED) is 0.780. The van der Waals surface area contributed by atoms with Crippen molar-refractivity contribution >= 4 is 5.69 Å². The van der Waals surface area contributed by atoms with Gasteiger partial charge in [0.1, 0.15) is 5.82 Å². The number of ether oxygens (including phenoxy) is 1. The third kappa shape index (κ3) is 4.16. The molecular weight excluding hydrogens is 209 g/mol. The Bertz CT molecular complexity index is 331. The van der Waals surface area contributed by atoms with Gasteiger partial charge in [0.25, 0.3) is 0 Å². The Morgan fingerprint density at radius 3 is 2.88 bits per heavy atom. The van der Waals surface area contributed by atoms with Gasteiger partial charge in [-0.05, 0) is 37.6 Å². The summed E-state index contributed by atoms with van der Waals surface area (Å²) in [5.74, 6) is -0.222. The number of hydrogen-bond acceptors (Lipinski definition) is 3. The first-order valence-electron chi connectivity index (χ1n) is 5.39. The number of halogens is 1. The molecule has 0 aliphatic heterocycles. The minimum atomic E-state index is -0.551. The number of anilines is 1. The minimum Gasteiger partial charge on any atom is -0.389 e. The van der Waals surface area contributed by atoms with Crippen LogP contribution < -0.4 is 5.32 Å². The van der Waals surface area contributed by atoms with E-state index in [1.165, 1.54) is 6.07 Å². The summed E-state index contributed by atoms with van der Waals surface area (Å²) in [5.41, 5.74) is 1.39. The van der Waals surface area contributed by atoms with E-state index < -0.39 is 6.10 Å². The van der Waals surface area contributed by atoms with Crippen LogP contribution in [-0.4, -0.2) is 31.0 Å². The van der Waals surface area contributed by atoms with Gasteiger partial charge in [-0.3, -0.25) is 0 Å². The van der Waals surface area contributed by atoms with E-state index in [1.807, 2.05) is 6.92 Å².